The Morgan fingerprint density at radius 1 is 1.60 bits per heavy atom. The Morgan fingerprint density at radius 2 is 2.33 bits per heavy atom. The maximum Gasteiger partial charge on any atom is 0.303 e. The van der Waals surface area contributed by atoms with Crippen molar-refractivity contribution in [3.05, 3.63) is 22.4 Å². The molecule has 1 rings (SSSR count). The Balaban J connectivity index is 2.57. The first-order valence-corrected chi connectivity index (χ1v) is 5.83. The van der Waals surface area contributed by atoms with Crippen LogP contribution in [0.15, 0.2) is 17.5 Å². The van der Waals surface area contributed by atoms with Gasteiger partial charge in [0.2, 0.25) is 0 Å². The molecule has 0 fully saturated rings. The highest BCUT2D eigenvalue weighted by molar-refractivity contribution is 7.10. The van der Waals surface area contributed by atoms with E-state index in [0.29, 0.717) is 0 Å². The quantitative estimate of drug-likeness (QED) is 0.723. The van der Waals surface area contributed by atoms with E-state index in [2.05, 4.69) is 4.90 Å². The van der Waals surface area contributed by atoms with Crippen LogP contribution in [0.5, 0.6) is 0 Å². The molecule has 1 heterocycles. The van der Waals surface area contributed by atoms with E-state index in [1.54, 1.807) is 11.3 Å². The Morgan fingerprint density at radius 3 is 2.80 bits per heavy atom. The van der Waals surface area contributed by atoms with Crippen molar-refractivity contribution in [1.29, 1.82) is 0 Å². The maximum atomic E-state index is 11.0. The second-order valence-electron chi connectivity index (χ2n) is 3.71. The van der Waals surface area contributed by atoms with Crippen molar-refractivity contribution in [2.24, 2.45) is 0 Å². The summed E-state index contributed by atoms with van der Waals surface area (Å²) in [5.74, 6) is -0.216. The molecule has 0 radical (unpaired) electrons. The molecule has 0 aliphatic carbocycles. The highest BCUT2D eigenvalue weighted by atomic mass is 32.1. The third-order valence-corrected chi connectivity index (χ3v) is 2.97. The van der Waals surface area contributed by atoms with Gasteiger partial charge in [-0.3, -0.25) is 4.79 Å². The van der Waals surface area contributed by atoms with Crippen LogP contribution in [0.1, 0.15) is 24.3 Å². The van der Waals surface area contributed by atoms with E-state index >= 15 is 0 Å². The average molecular weight is 227 g/mol. The first-order valence-electron chi connectivity index (χ1n) is 4.95. The fourth-order valence-electron chi connectivity index (χ4n) is 1.31. The van der Waals surface area contributed by atoms with Gasteiger partial charge < -0.3 is 9.64 Å². The lowest BCUT2D eigenvalue weighted by atomic mass is 10.2. The van der Waals surface area contributed by atoms with Gasteiger partial charge in [0, 0.05) is 24.8 Å². The van der Waals surface area contributed by atoms with Gasteiger partial charge >= 0.3 is 5.97 Å². The third kappa shape index (κ3) is 4.44. The molecule has 0 bridgehead atoms. The van der Waals surface area contributed by atoms with E-state index in [-0.39, 0.29) is 12.1 Å². The highest BCUT2D eigenvalue weighted by Crippen LogP contribution is 2.25. The van der Waals surface area contributed by atoms with Crippen molar-refractivity contribution in [3.63, 3.8) is 0 Å². The Bertz CT molecular complexity index is 296. The number of hydrogen-bond donors (Lipinski definition) is 0. The van der Waals surface area contributed by atoms with Gasteiger partial charge in [0.15, 0.2) is 0 Å². The smallest absolute Gasteiger partial charge is 0.303 e. The summed E-state index contributed by atoms with van der Waals surface area (Å²) in [7, 11) is 4.03. The second-order valence-corrected chi connectivity index (χ2v) is 4.68. The largest absolute Gasteiger partial charge is 0.457 e. The minimum absolute atomic E-state index is 0.0927. The molecule has 15 heavy (non-hydrogen) atoms. The molecule has 1 atom stereocenters. The van der Waals surface area contributed by atoms with Gasteiger partial charge in [0.1, 0.15) is 6.10 Å². The van der Waals surface area contributed by atoms with Crippen LogP contribution in [0, 0.1) is 0 Å². The third-order valence-electron chi connectivity index (χ3n) is 2.01. The van der Waals surface area contributed by atoms with Gasteiger partial charge in [-0.05, 0) is 25.5 Å². The molecule has 0 saturated carbocycles. The van der Waals surface area contributed by atoms with Crippen molar-refractivity contribution >= 4 is 17.3 Å². The summed E-state index contributed by atoms with van der Waals surface area (Å²) in [6.07, 6.45) is 0.748. The molecule has 0 unspecified atom stereocenters. The summed E-state index contributed by atoms with van der Waals surface area (Å²) in [6.45, 7) is 2.37. The average Bonchev–Trinajstić information content (AvgIpc) is 2.63. The Labute approximate surface area is 94.7 Å². The van der Waals surface area contributed by atoms with E-state index in [4.69, 9.17) is 4.74 Å². The Hall–Kier alpha value is -0.870. The highest BCUT2D eigenvalue weighted by Gasteiger charge is 2.15. The zero-order chi connectivity index (χ0) is 11.3. The summed E-state index contributed by atoms with van der Waals surface area (Å²) in [4.78, 5) is 14.2. The molecule has 84 valence electrons. The molecule has 1 aromatic rings. The van der Waals surface area contributed by atoms with Gasteiger partial charge in [0.05, 0.1) is 0 Å². The molecule has 0 aliphatic heterocycles. The molecule has 4 heteroatoms. The van der Waals surface area contributed by atoms with Crippen molar-refractivity contribution in [2.75, 3.05) is 20.6 Å². The number of carbonyl (C=O) groups excluding carboxylic acids is 1. The second kappa shape index (κ2) is 5.88. The summed E-state index contributed by atoms with van der Waals surface area (Å²) in [5, 5.41) is 2.00. The minimum Gasteiger partial charge on any atom is -0.457 e. The predicted octanol–water partition coefficient (Wildman–Crippen LogP) is 2.30. The first kappa shape index (κ1) is 12.2. The standard InChI is InChI=1S/C11H17NO2S/c1-9(13)14-10(6-7-12(2)3)11-5-4-8-15-11/h4-5,8,10H,6-7H2,1-3H3/t10-/m1/s1. The normalized spacial score (nSPS) is 12.8. The lowest BCUT2D eigenvalue weighted by Crippen LogP contribution is -2.18. The number of hydrogen-bond acceptors (Lipinski definition) is 4. The minimum atomic E-state index is -0.216. The van der Waals surface area contributed by atoms with E-state index in [9.17, 15) is 4.79 Å². The number of thiophene rings is 1. The Kier molecular flexibility index (Phi) is 4.78. The van der Waals surface area contributed by atoms with Crippen LogP contribution in [0.4, 0.5) is 0 Å². The van der Waals surface area contributed by atoms with Crippen LogP contribution in [0.2, 0.25) is 0 Å². The van der Waals surface area contributed by atoms with Crippen LogP contribution in [-0.2, 0) is 9.53 Å². The van der Waals surface area contributed by atoms with Gasteiger partial charge in [-0.15, -0.1) is 11.3 Å². The fourth-order valence-corrected chi connectivity index (χ4v) is 2.10. The van der Waals surface area contributed by atoms with Crippen molar-refractivity contribution < 1.29 is 9.53 Å². The van der Waals surface area contributed by atoms with Crippen LogP contribution < -0.4 is 0 Å². The molecular weight excluding hydrogens is 210 g/mol. The van der Waals surface area contributed by atoms with E-state index in [1.807, 2.05) is 31.6 Å². The number of ether oxygens (including phenoxy) is 1. The summed E-state index contributed by atoms with van der Waals surface area (Å²) in [6, 6.07) is 3.99. The van der Waals surface area contributed by atoms with Crippen molar-refractivity contribution in [3.8, 4) is 0 Å². The zero-order valence-corrected chi connectivity index (χ0v) is 10.2. The predicted molar refractivity (Wildman–Crippen MR) is 62.0 cm³/mol. The van der Waals surface area contributed by atoms with E-state index < -0.39 is 0 Å². The summed E-state index contributed by atoms with van der Waals surface area (Å²) in [5.41, 5.74) is 0. The number of carbonyl (C=O) groups is 1. The summed E-state index contributed by atoms with van der Waals surface area (Å²) < 4.78 is 5.29. The van der Waals surface area contributed by atoms with Crippen molar-refractivity contribution in [1.82, 2.24) is 4.90 Å². The van der Waals surface area contributed by atoms with Gasteiger partial charge in [-0.1, -0.05) is 6.07 Å². The molecular formula is C11H17NO2S. The lowest BCUT2D eigenvalue weighted by Gasteiger charge is -2.17. The van der Waals surface area contributed by atoms with Crippen LogP contribution in [0.25, 0.3) is 0 Å². The van der Waals surface area contributed by atoms with Gasteiger partial charge in [0.25, 0.3) is 0 Å². The van der Waals surface area contributed by atoms with E-state index in [1.165, 1.54) is 6.92 Å². The molecule has 1 aromatic heterocycles. The van der Waals surface area contributed by atoms with Crippen LogP contribution in [0.3, 0.4) is 0 Å². The fraction of sp³-hybridized carbons (Fsp3) is 0.545. The maximum absolute atomic E-state index is 11.0. The monoisotopic (exact) mass is 227 g/mol. The van der Waals surface area contributed by atoms with Gasteiger partial charge in [-0.2, -0.15) is 0 Å². The lowest BCUT2D eigenvalue weighted by molar-refractivity contribution is -0.147. The SMILES string of the molecule is CC(=O)O[C@H](CCN(C)C)c1cccs1. The number of esters is 1. The molecule has 0 amide bonds. The molecule has 0 saturated heterocycles. The van der Waals surface area contributed by atoms with E-state index in [0.717, 1.165) is 17.8 Å². The zero-order valence-electron chi connectivity index (χ0n) is 9.40. The van der Waals surface area contributed by atoms with Crippen LogP contribution >= 0.6 is 11.3 Å². The molecule has 0 N–H and O–H groups in total. The molecule has 0 aromatic carbocycles. The van der Waals surface area contributed by atoms with Crippen molar-refractivity contribution in [2.45, 2.75) is 19.4 Å². The number of rotatable bonds is 5. The molecule has 0 spiro atoms. The van der Waals surface area contributed by atoms with Gasteiger partial charge in [-0.25, -0.2) is 0 Å². The number of nitrogens with zero attached hydrogens (tertiary/aromatic N) is 1. The topological polar surface area (TPSA) is 29.5 Å². The summed E-state index contributed by atoms with van der Waals surface area (Å²) >= 11 is 1.63. The van der Waals surface area contributed by atoms with Crippen LogP contribution in [-0.4, -0.2) is 31.5 Å². The first-order chi connectivity index (χ1) is 7.09. The molecule has 0 aliphatic rings. The molecule has 3 nitrogen and oxygen atoms in total.